The highest BCUT2D eigenvalue weighted by Gasteiger charge is 1.94. The first-order valence-electron chi connectivity index (χ1n) is 2.29. The maximum absolute atomic E-state index is 5.68. The number of hydrogen-bond acceptors (Lipinski definition) is 3. The summed E-state index contributed by atoms with van der Waals surface area (Å²) in [6.07, 6.45) is 1.53. The van der Waals surface area contributed by atoms with E-state index in [0.29, 0.717) is 5.02 Å². The van der Waals surface area contributed by atoms with Gasteiger partial charge in [0, 0.05) is 16.3 Å². The zero-order chi connectivity index (χ0) is 6.69. The fourth-order valence-electron chi connectivity index (χ4n) is 0.464. The van der Waals surface area contributed by atoms with Crippen molar-refractivity contribution in [2.75, 3.05) is 0 Å². The molecule has 0 radical (unpaired) electrons. The van der Waals surface area contributed by atoms with E-state index in [2.05, 4.69) is 5.10 Å². The molecule has 9 heavy (non-hydrogen) atoms. The van der Waals surface area contributed by atoms with Gasteiger partial charge in [0.15, 0.2) is 0 Å². The first-order valence-corrected chi connectivity index (χ1v) is 3.61. The smallest absolute Gasteiger partial charge is 0.0601 e. The number of halogens is 1. The second-order valence-electron chi connectivity index (χ2n) is 1.45. The minimum absolute atomic E-state index is 0.703. The van der Waals surface area contributed by atoms with Crippen molar-refractivity contribution < 1.29 is 0 Å². The molecule has 1 rings (SSSR count). The first kappa shape index (κ1) is 6.58. The molecule has 0 unspecified atom stereocenters. The van der Waals surface area contributed by atoms with Crippen LogP contribution in [-0.2, 0) is 0 Å². The van der Waals surface area contributed by atoms with Gasteiger partial charge in [0.2, 0.25) is 0 Å². The number of nitrogens with zero attached hydrogens (tertiary/aromatic N) is 1. The predicted molar refractivity (Wildman–Crippen MR) is 41.1 cm³/mol. The van der Waals surface area contributed by atoms with E-state index >= 15 is 0 Å². The summed E-state index contributed by atoms with van der Waals surface area (Å²) in [5.74, 6) is 4.90. The molecule has 0 spiro atoms. The summed E-state index contributed by atoms with van der Waals surface area (Å²) in [7, 11) is 0. The van der Waals surface area contributed by atoms with Crippen molar-refractivity contribution >= 4 is 29.2 Å². The molecular formula is C5H5ClN2S. The Labute approximate surface area is 61.9 Å². The van der Waals surface area contributed by atoms with E-state index in [9.17, 15) is 0 Å². The summed E-state index contributed by atoms with van der Waals surface area (Å²) in [4.78, 5) is 0. The Balaban J connectivity index is 2.94. The standard InChI is InChI=1S/C5H5ClN2S/c6-5-3-9-2-4(5)1-8-7/h1-3H,7H2/b8-1+. The Morgan fingerprint density at radius 3 is 2.89 bits per heavy atom. The Morgan fingerprint density at radius 1 is 1.67 bits per heavy atom. The predicted octanol–water partition coefficient (Wildman–Crippen LogP) is 1.69. The minimum atomic E-state index is 0.703. The van der Waals surface area contributed by atoms with E-state index in [1.165, 1.54) is 17.6 Å². The number of thiophene rings is 1. The summed E-state index contributed by atoms with van der Waals surface area (Å²) in [6.45, 7) is 0. The van der Waals surface area contributed by atoms with Crippen LogP contribution in [0.2, 0.25) is 5.02 Å². The lowest BCUT2D eigenvalue weighted by Gasteiger charge is -1.81. The van der Waals surface area contributed by atoms with Gasteiger partial charge in [0.1, 0.15) is 0 Å². The molecule has 0 aliphatic carbocycles. The van der Waals surface area contributed by atoms with Gasteiger partial charge >= 0.3 is 0 Å². The van der Waals surface area contributed by atoms with Crippen LogP contribution in [0.5, 0.6) is 0 Å². The minimum Gasteiger partial charge on any atom is -0.323 e. The monoisotopic (exact) mass is 160 g/mol. The van der Waals surface area contributed by atoms with Crippen LogP contribution >= 0.6 is 22.9 Å². The molecule has 0 aromatic carbocycles. The highest BCUT2D eigenvalue weighted by molar-refractivity contribution is 7.08. The highest BCUT2D eigenvalue weighted by Crippen LogP contribution is 2.17. The average Bonchev–Trinajstić information content (AvgIpc) is 2.18. The van der Waals surface area contributed by atoms with Crippen LogP contribution in [0.1, 0.15) is 5.56 Å². The van der Waals surface area contributed by atoms with Gasteiger partial charge in [-0.25, -0.2) is 0 Å². The molecule has 1 aromatic rings. The van der Waals surface area contributed by atoms with Gasteiger partial charge in [-0.05, 0) is 0 Å². The van der Waals surface area contributed by atoms with Crippen molar-refractivity contribution in [3.05, 3.63) is 21.3 Å². The SMILES string of the molecule is N/N=C/c1cscc1Cl. The molecule has 0 bridgehead atoms. The topological polar surface area (TPSA) is 38.4 Å². The third kappa shape index (κ3) is 1.43. The Morgan fingerprint density at radius 2 is 2.44 bits per heavy atom. The van der Waals surface area contributed by atoms with Crippen molar-refractivity contribution in [2.45, 2.75) is 0 Å². The average molecular weight is 161 g/mol. The summed E-state index contributed by atoms with van der Waals surface area (Å²) >= 11 is 7.21. The Kier molecular flexibility index (Phi) is 2.08. The zero-order valence-corrected chi connectivity index (χ0v) is 6.12. The lowest BCUT2D eigenvalue weighted by molar-refractivity contribution is 1.26. The van der Waals surface area contributed by atoms with E-state index in [-0.39, 0.29) is 0 Å². The molecule has 48 valence electrons. The van der Waals surface area contributed by atoms with Crippen molar-refractivity contribution in [1.29, 1.82) is 0 Å². The lowest BCUT2D eigenvalue weighted by Crippen LogP contribution is -1.82. The maximum atomic E-state index is 5.68. The molecule has 0 saturated heterocycles. The van der Waals surface area contributed by atoms with Crippen LogP contribution in [0.15, 0.2) is 15.9 Å². The fourth-order valence-corrected chi connectivity index (χ4v) is 1.44. The maximum Gasteiger partial charge on any atom is 0.0601 e. The molecule has 4 heteroatoms. The van der Waals surface area contributed by atoms with Crippen LogP contribution in [0.25, 0.3) is 0 Å². The number of rotatable bonds is 1. The van der Waals surface area contributed by atoms with Gasteiger partial charge < -0.3 is 5.84 Å². The molecule has 0 atom stereocenters. The van der Waals surface area contributed by atoms with Gasteiger partial charge in [-0.3, -0.25) is 0 Å². The van der Waals surface area contributed by atoms with E-state index in [1.807, 2.05) is 10.8 Å². The number of hydrazone groups is 1. The summed E-state index contributed by atoms with van der Waals surface area (Å²) in [5.41, 5.74) is 0.879. The van der Waals surface area contributed by atoms with Crippen molar-refractivity contribution in [1.82, 2.24) is 0 Å². The molecule has 2 N–H and O–H groups in total. The van der Waals surface area contributed by atoms with Gasteiger partial charge in [0.05, 0.1) is 11.2 Å². The Bertz CT molecular complexity index is 218. The first-order chi connectivity index (χ1) is 4.34. The molecule has 0 amide bonds. The normalized spacial score (nSPS) is 10.8. The molecular weight excluding hydrogens is 156 g/mol. The molecule has 1 heterocycles. The highest BCUT2D eigenvalue weighted by atomic mass is 35.5. The third-order valence-electron chi connectivity index (χ3n) is 0.856. The summed E-state index contributed by atoms with van der Waals surface area (Å²) in [6, 6.07) is 0. The van der Waals surface area contributed by atoms with Crippen LogP contribution in [0.3, 0.4) is 0 Å². The number of nitrogens with two attached hydrogens (primary N) is 1. The van der Waals surface area contributed by atoms with Crippen molar-refractivity contribution in [2.24, 2.45) is 10.9 Å². The van der Waals surface area contributed by atoms with Gasteiger partial charge in [0.25, 0.3) is 0 Å². The van der Waals surface area contributed by atoms with Crippen LogP contribution in [0.4, 0.5) is 0 Å². The van der Waals surface area contributed by atoms with Gasteiger partial charge in [-0.1, -0.05) is 11.6 Å². The van der Waals surface area contributed by atoms with Gasteiger partial charge in [-0.2, -0.15) is 16.4 Å². The molecule has 2 nitrogen and oxygen atoms in total. The third-order valence-corrected chi connectivity index (χ3v) is 2.07. The van der Waals surface area contributed by atoms with Crippen molar-refractivity contribution in [3.8, 4) is 0 Å². The van der Waals surface area contributed by atoms with Gasteiger partial charge in [-0.15, -0.1) is 0 Å². The largest absolute Gasteiger partial charge is 0.323 e. The molecule has 0 aliphatic heterocycles. The number of hydrogen-bond donors (Lipinski definition) is 1. The second kappa shape index (κ2) is 2.85. The Hall–Kier alpha value is -0.540. The molecule has 0 saturated carbocycles. The van der Waals surface area contributed by atoms with E-state index in [4.69, 9.17) is 17.4 Å². The molecule has 0 fully saturated rings. The van der Waals surface area contributed by atoms with Crippen molar-refractivity contribution in [3.63, 3.8) is 0 Å². The van der Waals surface area contributed by atoms with Crippen LogP contribution in [0, 0.1) is 0 Å². The molecule has 0 aliphatic rings. The van der Waals surface area contributed by atoms with E-state index < -0.39 is 0 Å². The zero-order valence-electron chi connectivity index (χ0n) is 4.54. The second-order valence-corrected chi connectivity index (χ2v) is 2.60. The summed E-state index contributed by atoms with van der Waals surface area (Å²) < 4.78 is 0. The fraction of sp³-hybridized carbons (Fsp3) is 0. The summed E-state index contributed by atoms with van der Waals surface area (Å²) in [5, 5.41) is 7.76. The van der Waals surface area contributed by atoms with Crippen LogP contribution in [-0.4, -0.2) is 6.21 Å². The quantitative estimate of drug-likeness (QED) is 0.379. The lowest BCUT2D eigenvalue weighted by atomic mass is 10.4. The van der Waals surface area contributed by atoms with E-state index in [1.54, 1.807) is 0 Å². The van der Waals surface area contributed by atoms with E-state index in [0.717, 1.165) is 5.56 Å². The van der Waals surface area contributed by atoms with Crippen LogP contribution < -0.4 is 5.84 Å². The molecule has 1 aromatic heterocycles.